The molecule has 2 aromatic rings. The maximum absolute atomic E-state index is 12.0. The third-order valence-electron chi connectivity index (χ3n) is 2.61. The summed E-state index contributed by atoms with van der Waals surface area (Å²) in [7, 11) is 0. The number of carbonyl (C=O) groups is 2. The zero-order valence-corrected chi connectivity index (χ0v) is 8.79. The molecule has 0 spiro atoms. The molecule has 4 heteroatoms. The minimum absolute atomic E-state index is 0.121. The summed E-state index contributed by atoms with van der Waals surface area (Å²) in [5.41, 5.74) is 0.591. The Morgan fingerprint density at radius 1 is 0.812 bits per heavy atom. The van der Waals surface area contributed by atoms with Gasteiger partial charge in [-0.2, -0.15) is 0 Å². The van der Waals surface area contributed by atoms with Gasteiger partial charge in [-0.1, -0.05) is 0 Å². The van der Waals surface area contributed by atoms with E-state index in [2.05, 4.69) is 0 Å². The summed E-state index contributed by atoms with van der Waals surface area (Å²) in [6.07, 6.45) is 0. The van der Waals surface area contributed by atoms with Crippen molar-refractivity contribution in [1.82, 2.24) is 0 Å². The van der Waals surface area contributed by atoms with Crippen LogP contribution in [0.25, 0.3) is 0 Å². The van der Waals surface area contributed by atoms with Gasteiger partial charge in [0.2, 0.25) is 11.6 Å². The Balaban J connectivity index is 2.32. The Hall–Kier alpha value is -2.10. The first-order valence-electron chi connectivity index (χ1n) is 4.88. The van der Waals surface area contributed by atoms with Gasteiger partial charge in [0.25, 0.3) is 0 Å². The van der Waals surface area contributed by atoms with Crippen molar-refractivity contribution in [1.29, 1.82) is 0 Å². The summed E-state index contributed by atoms with van der Waals surface area (Å²) in [4.78, 5) is 23.9. The maximum atomic E-state index is 12.0. The molecule has 0 fully saturated rings. The van der Waals surface area contributed by atoms with E-state index in [9.17, 15) is 9.59 Å². The van der Waals surface area contributed by atoms with E-state index in [-0.39, 0.29) is 23.1 Å². The highest BCUT2D eigenvalue weighted by molar-refractivity contribution is 6.26. The van der Waals surface area contributed by atoms with Gasteiger partial charge >= 0.3 is 0 Å². The van der Waals surface area contributed by atoms with Gasteiger partial charge < -0.3 is 8.83 Å². The van der Waals surface area contributed by atoms with Crippen molar-refractivity contribution in [2.45, 2.75) is 13.8 Å². The lowest BCUT2D eigenvalue weighted by molar-refractivity contribution is 0.0943. The molecular weight excluding hydrogens is 208 g/mol. The average molecular weight is 216 g/mol. The summed E-state index contributed by atoms with van der Waals surface area (Å²) in [6, 6.07) is 3.13. The normalized spacial score (nSPS) is 13.9. The van der Waals surface area contributed by atoms with Crippen LogP contribution in [0.1, 0.15) is 43.8 Å². The fraction of sp³-hybridized carbons (Fsp3) is 0.167. The summed E-state index contributed by atoms with van der Waals surface area (Å²) >= 11 is 0. The number of furan rings is 2. The van der Waals surface area contributed by atoms with Crippen molar-refractivity contribution in [2.24, 2.45) is 0 Å². The number of carbonyl (C=O) groups excluding carboxylic acids is 2. The second-order valence-corrected chi connectivity index (χ2v) is 3.86. The minimum atomic E-state index is -0.283. The molecule has 1 aliphatic carbocycles. The molecule has 0 atom stereocenters. The van der Waals surface area contributed by atoms with Gasteiger partial charge in [0, 0.05) is 0 Å². The predicted octanol–water partition coefficient (Wildman–Crippen LogP) is 2.26. The molecule has 2 aromatic heterocycles. The quantitative estimate of drug-likeness (QED) is 0.578. The number of hydrogen-bond acceptors (Lipinski definition) is 4. The smallest absolute Gasteiger partial charge is 0.232 e. The van der Waals surface area contributed by atoms with Crippen molar-refractivity contribution in [3.63, 3.8) is 0 Å². The van der Waals surface area contributed by atoms with E-state index >= 15 is 0 Å². The molecule has 3 rings (SSSR count). The van der Waals surface area contributed by atoms with E-state index in [1.807, 2.05) is 0 Å². The predicted molar refractivity (Wildman–Crippen MR) is 53.8 cm³/mol. The van der Waals surface area contributed by atoms with Gasteiger partial charge in [-0.05, 0) is 26.0 Å². The SMILES string of the molecule is Cc1cc2c(o1)C(=O)c1cc(C)oc1C2=O. The molecule has 1 aliphatic rings. The van der Waals surface area contributed by atoms with Gasteiger partial charge in [0.15, 0.2) is 11.5 Å². The molecule has 2 heterocycles. The van der Waals surface area contributed by atoms with E-state index in [0.29, 0.717) is 22.6 Å². The Morgan fingerprint density at radius 3 is 1.56 bits per heavy atom. The van der Waals surface area contributed by atoms with Crippen LogP contribution in [0.5, 0.6) is 0 Å². The van der Waals surface area contributed by atoms with Gasteiger partial charge in [-0.3, -0.25) is 9.59 Å². The van der Waals surface area contributed by atoms with Crippen LogP contribution < -0.4 is 0 Å². The van der Waals surface area contributed by atoms with E-state index in [1.54, 1.807) is 26.0 Å². The number of aryl methyl sites for hydroxylation is 2. The van der Waals surface area contributed by atoms with E-state index in [1.165, 1.54) is 0 Å². The molecule has 0 radical (unpaired) electrons. The lowest BCUT2D eigenvalue weighted by Crippen LogP contribution is -2.16. The van der Waals surface area contributed by atoms with Crippen molar-refractivity contribution in [3.05, 3.63) is 46.3 Å². The average Bonchev–Trinajstić information content (AvgIpc) is 2.78. The summed E-state index contributed by atoms with van der Waals surface area (Å²) in [6.45, 7) is 3.40. The van der Waals surface area contributed by atoms with E-state index in [4.69, 9.17) is 8.83 Å². The molecular formula is C12H8O4. The number of rotatable bonds is 0. The van der Waals surface area contributed by atoms with Gasteiger partial charge in [0.05, 0.1) is 11.1 Å². The molecule has 80 valence electrons. The number of fused-ring (bicyclic) bond motifs is 2. The lowest BCUT2D eigenvalue weighted by Gasteiger charge is -2.06. The van der Waals surface area contributed by atoms with Crippen molar-refractivity contribution < 1.29 is 18.4 Å². The van der Waals surface area contributed by atoms with Crippen LogP contribution in [0.3, 0.4) is 0 Å². The summed E-state index contributed by atoms with van der Waals surface area (Å²) in [5.74, 6) is 0.776. The zero-order valence-electron chi connectivity index (χ0n) is 8.79. The molecule has 16 heavy (non-hydrogen) atoms. The standard InChI is InChI=1S/C12H8O4/c1-5-3-7-9(13)12-8(4-6(2)16-12)10(14)11(7)15-5/h3-4H,1-2H3. The van der Waals surface area contributed by atoms with Crippen molar-refractivity contribution >= 4 is 11.6 Å². The van der Waals surface area contributed by atoms with E-state index < -0.39 is 0 Å². The molecule has 4 nitrogen and oxygen atoms in total. The lowest BCUT2D eigenvalue weighted by atomic mass is 9.94. The topological polar surface area (TPSA) is 60.4 Å². The Kier molecular flexibility index (Phi) is 1.56. The zero-order chi connectivity index (χ0) is 11.4. The first-order valence-corrected chi connectivity index (χ1v) is 4.88. The molecule has 0 bridgehead atoms. The highest BCUT2D eigenvalue weighted by atomic mass is 16.4. The second-order valence-electron chi connectivity index (χ2n) is 3.86. The van der Waals surface area contributed by atoms with Gasteiger partial charge in [-0.25, -0.2) is 0 Å². The fourth-order valence-corrected chi connectivity index (χ4v) is 1.95. The first kappa shape index (κ1) is 9.15. The number of ketones is 2. The highest BCUT2D eigenvalue weighted by Gasteiger charge is 2.36. The molecule has 0 aliphatic heterocycles. The Labute approximate surface area is 90.9 Å². The molecule has 0 saturated heterocycles. The largest absolute Gasteiger partial charge is 0.457 e. The first-order chi connectivity index (χ1) is 7.58. The van der Waals surface area contributed by atoms with Crippen LogP contribution in [0.4, 0.5) is 0 Å². The highest BCUT2D eigenvalue weighted by Crippen LogP contribution is 2.31. The second kappa shape index (κ2) is 2.72. The van der Waals surface area contributed by atoms with Crippen molar-refractivity contribution in [2.75, 3.05) is 0 Å². The minimum Gasteiger partial charge on any atom is -0.457 e. The Bertz CT molecular complexity index is 524. The summed E-state index contributed by atoms with van der Waals surface area (Å²) < 4.78 is 10.5. The van der Waals surface area contributed by atoms with Crippen LogP contribution >= 0.6 is 0 Å². The molecule has 0 N–H and O–H groups in total. The van der Waals surface area contributed by atoms with Crippen LogP contribution in [0.2, 0.25) is 0 Å². The van der Waals surface area contributed by atoms with Crippen LogP contribution in [-0.4, -0.2) is 11.6 Å². The maximum Gasteiger partial charge on any atom is 0.232 e. The van der Waals surface area contributed by atoms with Gasteiger partial charge in [-0.15, -0.1) is 0 Å². The fourth-order valence-electron chi connectivity index (χ4n) is 1.95. The van der Waals surface area contributed by atoms with Crippen LogP contribution in [-0.2, 0) is 0 Å². The van der Waals surface area contributed by atoms with Crippen molar-refractivity contribution in [3.8, 4) is 0 Å². The summed E-state index contributed by atoms with van der Waals surface area (Å²) in [5, 5.41) is 0. The number of hydrogen-bond donors (Lipinski definition) is 0. The molecule has 0 aromatic carbocycles. The third-order valence-corrected chi connectivity index (χ3v) is 2.61. The monoisotopic (exact) mass is 216 g/mol. The van der Waals surface area contributed by atoms with Crippen LogP contribution in [0, 0.1) is 13.8 Å². The molecule has 0 unspecified atom stereocenters. The molecule has 0 saturated carbocycles. The Morgan fingerprint density at radius 2 is 1.19 bits per heavy atom. The molecule has 0 amide bonds. The van der Waals surface area contributed by atoms with Crippen LogP contribution in [0.15, 0.2) is 21.0 Å². The third kappa shape index (κ3) is 0.984. The van der Waals surface area contributed by atoms with Gasteiger partial charge in [0.1, 0.15) is 11.5 Å². The van der Waals surface area contributed by atoms with E-state index in [0.717, 1.165) is 0 Å².